The van der Waals surface area contributed by atoms with E-state index in [9.17, 15) is 9.90 Å². The maximum Gasteiger partial charge on any atom is 0.321 e. The number of carbonyl (C=O) groups is 1. The largest absolute Gasteiger partial charge is 0.508 e. The number of urea groups is 1. The Morgan fingerprint density at radius 1 is 0.893 bits per heavy atom. The fourth-order valence-corrected chi connectivity index (χ4v) is 3.71. The van der Waals surface area contributed by atoms with Crippen molar-refractivity contribution in [2.24, 2.45) is 0 Å². The summed E-state index contributed by atoms with van der Waals surface area (Å²) in [6, 6.07) is 13.5. The average Bonchev–Trinajstić information content (AvgIpc) is 2.68. The molecule has 0 bridgehead atoms. The molecule has 0 aromatic heterocycles. The molecule has 3 rings (SSSR count). The Kier molecular flexibility index (Phi) is 6.12. The lowest BCUT2D eigenvalue weighted by atomic mass is 9.93. The van der Waals surface area contributed by atoms with Crippen molar-refractivity contribution in [1.29, 1.82) is 0 Å². The second-order valence-electron chi connectivity index (χ2n) is 8.04. The Morgan fingerprint density at radius 2 is 1.43 bits per heavy atom. The zero-order valence-corrected chi connectivity index (χ0v) is 17.3. The number of amides is 2. The van der Waals surface area contributed by atoms with E-state index in [2.05, 4.69) is 56.1 Å². The smallest absolute Gasteiger partial charge is 0.321 e. The predicted octanol–water partition coefficient (Wildman–Crippen LogP) is 4.99. The van der Waals surface area contributed by atoms with Crippen LogP contribution in [0.2, 0.25) is 0 Å². The van der Waals surface area contributed by atoms with E-state index in [1.54, 1.807) is 12.1 Å². The van der Waals surface area contributed by atoms with E-state index < -0.39 is 0 Å². The highest BCUT2D eigenvalue weighted by molar-refractivity contribution is 5.91. The number of phenolic OH excluding ortho intramolecular Hbond substituents is 1. The van der Waals surface area contributed by atoms with Crippen LogP contribution in [-0.2, 0) is 0 Å². The lowest BCUT2D eigenvalue weighted by Gasteiger charge is -2.36. The number of piperazine rings is 1. The summed E-state index contributed by atoms with van der Waals surface area (Å²) >= 11 is 0. The molecular formula is C23H31N3O2. The minimum absolute atomic E-state index is 0.0274. The van der Waals surface area contributed by atoms with E-state index >= 15 is 0 Å². The highest BCUT2D eigenvalue weighted by Crippen LogP contribution is 2.32. The summed E-state index contributed by atoms with van der Waals surface area (Å²) in [5.74, 6) is 0.965. The second-order valence-corrected chi connectivity index (χ2v) is 8.04. The standard InChI is InChI=1S/C23H31N3O2/c1-16(2)20-6-5-7-21(17(3)4)22(20)24-23(28)26-14-12-25(13-15-26)18-8-10-19(27)11-9-18/h5-11,16-17,27H,12-15H2,1-4H3,(H,24,28). The molecule has 0 atom stereocenters. The lowest BCUT2D eigenvalue weighted by molar-refractivity contribution is 0.208. The van der Waals surface area contributed by atoms with Crippen LogP contribution in [0, 0.1) is 0 Å². The number of para-hydroxylation sites is 1. The van der Waals surface area contributed by atoms with E-state index in [1.165, 1.54) is 11.1 Å². The van der Waals surface area contributed by atoms with Gasteiger partial charge in [-0.15, -0.1) is 0 Å². The normalized spacial score (nSPS) is 14.6. The van der Waals surface area contributed by atoms with E-state index in [1.807, 2.05) is 17.0 Å². The monoisotopic (exact) mass is 381 g/mol. The number of hydrogen-bond donors (Lipinski definition) is 2. The van der Waals surface area contributed by atoms with Crippen LogP contribution in [0.1, 0.15) is 50.7 Å². The van der Waals surface area contributed by atoms with Gasteiger partial charge in [0.15, 0.2) is 0 Å². The highest BCUT2D eigenvalue weighted by atomic mass is 16.3. The number of rotatable bonds is 4. The number of benzene rings is 2. The molecule has 1 aliphatic rings. The van der Waals surface area contributed by atoms with E-state index in [-0.39, 0.29) is 11.8 Å². The molecule has 0 unspecified atom stereocenters. The zero-order chi connectivity index (χ0) is 20.3. The Labute approximate surface area is 168 Å². The third kappa shape index (κ3) is 4.41. The number of carbonyl (C=O) groups excluding carboxylic acids is 1. The van der Waals surface area contributed by atoms with Gasteiger partial charge in [-0.05, 0) is 47.2 Å². The third-order valence-electron chi connectivity index (χ3n) is 5.39. The van der Waals surface area contributed by atoms with Crippen molar-refractivity contribution >= 4 is 17.4 Å². The molecule has 2 aromatic rings. The number of nitrogens with one attached hydrogen (secondary N) is 1. The second kappa shape index (κ2) is 8.55. The van der Waals surface area contributed by atoms with E-state index in [4.69, 9.17) is 0 Å². The van der Waals surface area contributed by atoms with E-state index in [0.717, 1.165) is 24.5 Å². The molecule has 1 heterocycles. The Balaban J connectivity index is 1.69. The van der Waals surface area contributed by atoms with Gasteiger partial charge < -0.3 is 20.2 Å². The summed E-state index contributed by atoms with van der Waals surface area (Å²) in [7, 11) is 0. The number of anilines is 2. The Bertz CT molecular complexity index is 781. The highest BCUT2D eigenvalue weighted by Gasteiger charge is 2.23. The Hall–Kier alpha value is -2.69. The maximum atomic E-state index is 13.0. The summed E-state index contributed by atoms with van der Waals surface area (Å²) in [5.41, 5.74) is 4.41. The van der Waals surface area contributed by atoms with Gasteiger partial charge in [-0.25, -0.2) is 4.79 Å². The first-order chi connectivity index (χ1) is 13.4. The van der Waals surface area contributed by atoms with Gasteiger partial charge in [-0.1, -0.05) is 45.9 Å². The van der Waals surface area contributed by atoms with Crippen LogP contribution in [0.15, 0.2) is 42.5 Å². The first kappa shape index (κ1) is 20.1. The van der Waals surface area contributed by atoms with Crippen LogP contribution in [0.3, 0.4) is 0 Å². The minimum atomic E-state index is -0.0274. The Morgan fingerprint density at radius 3 is 1.93 bits per heavy atom. The van der Waals surface area contributed by atoms with Crippen molar-refractivity contribution in [2.45, 2.75) is 39.5 Å². The number of phenols is 1. The van der Waals surface area contributed by atoms with Crippen molar-refractivity contribution in [3.63, 3.8) is 0 Å². The fraction of sp³-hybridized carbons (Fsp3) is 0.435. The van der Waals surface area contributed by atoms with Crippen molar-refractivity contribution in [3.05, 3.63) is 53.6 Å². The molecule has 0 radical (unpaired) electrons. The van der Waals surface area contributed by atoms with Crippen molar-refractivity contribution in [2.75, 3.05) is 36.4 Å². The van der Waals surface area contributed by atoms with Crippen LogP contribution >= 0.6 is 0 Å². The molecular weight excluding hydrogens is 350 g/mol. The first-order valence-corrected chi connectivity index (χ1v) is 10.1. The van der Waals surface area contributed by atoms with E-state index in [0.29, 0.717) is 24.9 Å². The summed E-state index contributed by atoms with van der Waals surface area (Å²) in [6.45, 7) is 11.5. The summed E-state index contributed by atoms with van der Waals surface area (Å²) in [5, 5.41) is 12.7. The quantitative estimate of drug-likeness (QED) is 0.784. The van der Waals surface area contributed by atoms with Crippen LogP contribution in [0.5, 0.6) is 5.75 Å². The van der Waals surface area contributed by atoms with Crippen LogP contribution < -0.4 is 10.2 Å². The molecule has 2 aromatic carbocycles. The number of hydrogen-bond acceptors (Lipinski definition) is 3. The van der Waals surface area contributed by atoms with Crippen molar-refractivity contribution < 1.29 is 9.90 Å². The molecule has 150 valence electrons. The van der Waals surface area contributed by atoms with Crippen LogP contribution in [-0.4, -0.2) is 42.2 Å². The third-order valence-corrected chi connectivity index (χ3v) is 5.39. The summed E-state index contributed by atoms with van der Waals surface area (Å²) in [4.78, 5) is 17.1. The average molecular weight is 382 g/mol. The molecule has 2 N–H and O–H groups in total. The molecule has 28 heavy (non-hydrogen) atoms. The molecule has 5 nitrogen and oxygen atoms in total. The van der Waals surface area contributed by atoms with Gasteiger partial charge in [0.25, 0.3) is 0 Å². The molecule has 2 amide bonds. The van der Waals surface area contributed by atoms with Gasteiger partial charge >= 0.3 is 6.03 Å². The minimum Gasteiger partial charge on any atom is -0.508 e. The molecule has 1 saturated heterocycles. The van der Waals surface area contributed by atoms with Gasteiger partial charge in [-0.3, -0.25) is 0 Å². The SMILES string of the molecule is CC(C)c1cccc(C(C)C)c1NC(=O)N1CCN(c2ccc(O)cc2)CC1. The van der Waals surface area contributed by atoms with Gasteiger partial charge in [0.05, 0.1) is 0 Å². The van der Waals surface area contributed by atoms with Crippen LogP contribution in [0.25, 0.3) is 0 Å². The maximum absolute atomic E-state index is 13.0. The van der Waals surface area contributed by atoms with Crippen LogP contribution in [0.4, 0.5) is 16.2 Å². The molecule has 1 fully saturated rings. The molecule has 1 aliphatic heterocycles. The lowest BCUT2D eigenvalue weighted by Crippen LogP contribution is -2.50. The van der Waals surface area contributed by atoms with Crippen molar-refractivity contribution in [3.8, 4) is 5.75 Å². The molecule has 0 spiro atoms. The molecule has 0 saturated carbocycles. The van der Waals surface area contributed by atoms with Gasteiger partial charge in [0.1, 0.15) is 5.75 Å². The van der Waals surface area contributed by atoms with Crippen molar-refractivity contribution in [1.82, 2.24) is 4.90 Å². The predicted molar refractivity (Wildman–Crippen MR) is 116 cm³/mol. The fourth-order valence-electron chi connectivity index (χ4n) is 3.71. The number of nitrogens with zero attached hydrogens (tertiary/aromatic N) is 2. The molecule has 5 heteroatoms. The summed E-state index contributed by atoms with van der Waals surface area (Å²) < 4.78 is 0. The summed E-state index contributed by atoms with van der Waals surface area (Å²) in [6.07, 6.45) is 0. The topological polar surface area (TPSA) is 55.8 Å². The van der Waals surface area contributed by atoms with Gasteiger partial charge in [0.2, 0.25) is 0 Å². The molecule has 0 aliphatic carbocycles. The van der Waals surface area contributed by atoms with Gasteiger partial charge in [0, 0.05) is 37.6 Å². The first-order valence-electron chi connectivity index (χ1n) is 10.1. The number of aromatic hydroxyl groups is 1. The van der Waals surface area contributed by atoms with Gasteiger partial charge in [-0.2, -0.15) is 0 Å². The zero-order valence-electron chi connectivity index (χ0n) is 17.3.